The van der Waals surface area contributed by atoms with E-state index >= 15 is 0 Å². The van der Waals surface area contributed by atoms with Crippen LogP contribution in [-0.4, -0.2) is 51.8 Å². The highest BCUT2D eigenvalue weighted by Gasteiger charge is 2.37. The molecular formula is C35H30F2N2O6. The molecule has 0 saturated heterocycles. The van der Waals surface area contributed by atoms with E-state index < -0.39 is 35.9 Å². The number of aliphatic carboxylic acids is 2. The van der Waals surface area contributed by atoms with Crippen molar-refractivity contribution in [3.05, 3.63) is 130 Å². The van der Waals surface area contributed by atoms with Gasteiger partial charge in [-0.1, -0.05) is 60.7 Å². The van der Waals surface area contributed by atoms with E-state index in [2.05, 4.69) is 17.4 Å². The van der Waals surface area contributed by atoms with Gasteiger partial charge >= 0.3 is 18.0 Å². The minimum Gasteiger partial charge on any atom is -0.480 e. The fourth-order valence-electron chi connectivity index (χ4n) is 6.30. The topological polar surface area (TPSA) is 116 Å². The van der Waals surface area contributed by atoms with E-state index in [0.29, 0.717) is 18.5 Å². The van der Waals surface area contributed by atoms with Gasteiger partial charge in [0.1, 0.15) is 30.3 Å². The summed E-state index contributed by atoms with van der Waals surface area (Å²) in [5.74, 6) is -2.86. The molecule has 2 atom stereocenters. The Bertz CT molecular complexity index is 1750. The first kappa shape index (κ1) is 30.0. The number of amides is 1. The summed E-state index contributed by atoms with van der Waals surface area (Å²) >= 11 is 0. The van der Waals surface area contributed by atoms with Crippen LogP contribution in [-0.2, 0) is 40.3 Å². The molecule has 2 aliphatic heterocycles. The smallest absolute Gasteiger partial charge is 0.410 e. The third-order valence-corrected chi connectivity index (χ3v) is 8.58. The van der Waals surface area contributed by atoms with E-state index in [1.807, 2.05) is 36.4 Å². The van der Waals surface area contributed by atoms with Gasteiger partial charge in [-0.3, -0.25) is 9.69 Å². The molecule has 0 spiro atoms. The summed E-state index contributed by atoms with van der Waals surface area (Å²) in [6.07, 6.45) is -0.279. The van der Waals surface area contributed by atoms with Crippen molar-refractivity contribution in [1.82, 2.24) is 10.2 Å². The molecule has 2 heterocycles. The Morgan fingerprint density at radius 2 is 1.33 bits per heavy atom. The van der Waals surface area contributed by atoms with Crippen molar-refractivity contribution in [1.29, 1.82) is 0 Å². The number of rotatable bonds is 4. The maximum absolute atomic E-state index is 13.6. The molecule has 8 nitrogen and oxygen atoms in total. The molecule has 7 rings (SSSR count). The number of ether oxygens (including phenoxy) is 1. The van der Waals surface area contributed by atoms with Crippen molar-refractivity contribution >= 4 is 18.0 Å². The lowest BCUT2D eigenvalue weighted by atomic mass is 9.94. The molecule has 0 radical (unpaired) electrons. The molecule has 10 heteroatoms. The number of halogens is 2. The van der Waals surface area contributed by atoms with Crippen LogP contribution in [0.3, 0.4) is 0 Å². The Kier molecular flexibility index (Phi) is 8.32. The lowest BCUT2D eigenvalue weighted by molar-refractivity contribution is -0.143. The third-order valence-electron chi connectivity index (χ3n) is 8.58. The Labute approximate surface area is 257 Å². The van der Waals surface area contributed by atoms with Crippen LogP contribution in [0.2, 0.25) is 0 Å². The monoisotopic (exact) mass is 612 g/mol. The van der Waals surface area contributed by atoms with Crippen molar-refractivity contribution in [2.24, 2.45) is 0 Å². The van der Waals surface area contributed by atoms with Gasteiger partial charge in [0.2, 0.25) is 0 Å². The van der Waals surface area contributed by atoms with E-state index in [4.69, 9.17) is 9.84 Å². The summed E-state index contributed by atoms with van der Waals surface area (Å²) in [7, 11) is 0. The van der Waals surface area contributed by atoms with Crippen LogP contribution in [0.15, 0.2) is 84.9 Å². The predicted molar refractivity (Wildman–Crippen MR) is 161 cm³/mol. The normalized spacial score (nSPS) is 18.0. The first-order valence-electron chi connectivity index (χ1n) is 14.5. The van der Waals surface area contributed by atoms with Gasteiger partial charge in [0.05, 0.1) is 6.54 Å². The number of carboxylic acids is 2. The summed E-state index contributed by atoms with van der Waals surface area (Å²) in [6, 6.07) is 23.1. The number of fused-ring (bicyclic) bond motifs is 5. The average molecular weight is 613 g/mol. The highest BCUT2D eigenvalue weighted by molar-refractivity contribution is 5.82. The van der Waals surface area contributed by atoms with Gasteiger partial charge < -0.3 is 20.3 Å². The van der Waals surface area contributed by atoms with E-state index in [9.17, 15) is 28.3 Å². The van der Waals surface area contributed by atoms with Crippen molar-refractivity contribution in [3.8, 4) is 11.1 Å². The van der Waals surface area contributed by atoms with E-state index in [1.165, 1.54) is 29.2 Å². The molecule has 1 amide bonds. The van der Waals surface area contributed by atoms with Crippen LogP contribution in [0.1, 0.15) is 39.3 Å². The lowest BCUT2D eigenvalue weighted by Crippen LogP contribution is -2.49. The second kappa shape index (κ2) is 12.5. The van der Waals surface area contributed by atoms with Gasteiger partial charge in [-0.15, -0.1) is 0 Å². The lowest BCUT2D eigenvalue weighted by Gasteiger charge is -2.34. The van der Waals surface area contributed by atoms with Crippen molar-refractivity contribution in [2.75, 3.05) is 6.61 Å². The number of nitrogens with zero attached hydrogens (tertiary/aromatic N) is 1. The molecule has 45 heavy (non-hydrogen) atoms. The van der Waals surface area contributed by atoms with Crippen LogP contribution in [0.4, 0.5) is 13.6 Å². The number of benzene rings is 4. The van der Waals surface area contributed by atoms with Crippen LogP contribution in [0, 0.1) is 11.6 Å². The fraction of sp³-hybridized carbons (Fsp3) is 0.229. The highest BCUT2D eigenvalue weighted by atomic mass is 19.1. The predicted octanol–water partition coefficient (Wildman–Crippen LogP) is 5.51. The Hall–Kier alpha value is -5.09. The number of hydrogen-bond donors (Lipinski definition) is 3. The van der Waals surface area contributed by atoms with Gasteiger partial charge in [0.15, 0.2) is 0 Å². The van der Waals surface area contributed by atoms with Crippen LogP contribution in [0.25, 0.3) is 11.1 Å². The molecule has 3 aliphatic rings. The van der Waals surface area contributed by atoms with Crippen molar-refractivity contribution < 1.29 is 38.1 Å². The maximum Gasteiger partial charge on any atom is 0.410 e. The van der Waals surface area contributed by atoms with Gasteiger partial charge in [-0.2, -0.15) is 0 Å². The zero-order chi connectivity index (χ0) is 31.7. The Morgan fingerprint density at radius 3 is 1.93 bits per heavy atom. The van der Waals surface area contributed by atoms with Gasteiger partial charge in [0, 0.05) is 18.9 Å². The summed E-state index contributed by atoms with van der Waals surface area (Å²) < 4.78 is 32.1. The zero-order valence-electron chi connectivity index (χ0n) is 24.1. The summed E-state index contributed by atoms with van der Waals surface area (Å²) in [4.78, 5) is 36.7. The molecule has 0 aromatic heterocycles. The van der Waals surface area contributed by atoms with Crippen LogP contribution in [0.5, 0.6) is 0 Å². The highest BCUT2D eigenvalue weighted by Crippen LogP contribution is 2.44. The molecule has 0 bridgehead atoms. The standard InChI is InChI=1S/C25H20FNO4.C10H10FNO2/c26-17-10-9-15-13-27(23(24(28)29)12-16(15)11-17)25(30)31-14-22-20-7-3-1-5-18(20)19-6-2-4-8-21(19)22;11-8-2-1-6-5-12-9(10(13)14)4-7(6)3-8/h1-11,22-23H,12-14H2,(H,28,29);1-3,9,12H,4-5H2,(H,13,14)/t23-;9-/m00/s1. The van der Waals surface area contributed by atoms with E-state index in [0.717, 1.165) is 38.9 Å². The molecule has 3 N–H and O–H groups in total. The van der Waals surface area contributed by atoms with Crippen LogP contribution >= 0.6 is 0 Å². The SMILES string of the molecule is O=C(O)[C@@H]1Cc2cc(F)ccc2CN1.O=C(O)[C@@H]1Cc2cc(F)ccc2CN1C(=O)OCC1c2ccccc2-c2ccccc21. The Balaban J connectivity index is 0.000000213. The minimum atomic E-state index is -1.14. The quantitative estimate of drug-likeness (QED) is 0.278. The maximum atomic E-state index is 13.6. The summed E-state index contributed by atoms with van der Waals surface area (Å²) in [5.41, 5.74) is 7.52. The second-order valence-corrected chi connectivity index (χ2v) is 11.3. The first-order chi connectivity index (χ1) is 21.7. The van der Waals surface area contributed by atoms with E-state index in [1.54, 1.807) is 12.1 Å². The first-order valence-corrected chi connectivity index (χ1v) is 14.5. The number of hydrogen-bond acceptors (Lipinski definition) is 5. The van der Waals surface area contributed by atoms with Gasteiger partial charge in [-0.05, 0) is 75.2 Å². The summed E-state index contributed by atoms with van der Waals surface area (Å²) in [6.45, 7) is 0.682. The number of carboxylic acid groups (broad SMARTS) is 2. The summed E-state index contributed by atoms with van der Waals surface area (Å²) in [5, 5.41) is 21.3. The van der Waals surface area contributed by atoms with E-state index in [-0.39, 0.29) is 31.3 Å². The third kappa shape index (κ3) is 6.14. The molecular weight excluding hydrogens is 582 g/mol. The minimum absolute atomic E-state index is 0.0482. The fourth-order valence-corrected chi connectivity index (χ4v) is 6.30. The van der Waals surface area contributed by atoms with Crippen molar-refractivity contribution in [2.45, 2.75) is 43.9 Å². The molecule has 4 aromatic rings. The molecule has 0 fully saturated rings. The molecule has 0 saturated carbocycles. The van der Waals surface area contributed by atoms with Gasteiger partial charge in [0.25, 0.3) is 0 Å². The number of carbonyl (C=O) groups excluding carboxylic acids is 1. The van der Waals surface area contributed by atoms with Gasteiger partial charge in [-0.25, -0.2) is 18.4 Å². The number of nitrogens with one attached hydrogen (secondary N) is 1. The molecule has 4 aromatic carbocycles. The molecule has 0 unspecified atom stereocenters. The Morgan fingerprint density at radius 1 is 0.756 bits per heavy atom. The molecule has 1 aliphatic carbocycles. The average Bonchev–Trinajstić information content (AvgIpc) is 3.36. The second-order valence-electron chi connectivity index (χ2n) is 11.3. The zero-order valence-corrected chi connectivity index (χ0v) is 24.1. The van der Waals surface area contributed by atoms with Crippen molar-refractivity contribution in [3.63, 3.8) is 0 Å². The largest absolute Gasteiger partial charge is 0.480 e. The molecule has 230 valence electrons. The van der Waals surface area contributed by atoms with Crippen LogP contribution < -0.4 is 5.32 Å². The number of carbonyl (C=O) groups is 3.